The van der Waals surface area contributed by atoms with Crippen molar-refractivity contribution in [2.24, 2.45) is 5.92 Å². The first kappa shape index (κ1) is 11.7. The van der Waals surface area contributed by atoms with Crippen LogP contribution < -0.4 is 5.32 Å². The molecule has 0 bridgehead atoms. The minimum atomic E-state index is -1.63. The molecule has 1 fully saturated rings. The van der Waals surface area contributed by atoms with Gasteiger partial charge in [-0.3, -0.25) is 4.79 Å². The highest BCUT2D eigenvalue weighted by atomic mass is 28.4. The van der Waals surface area contributed by atoms with Crippen molar-refractivity contribution < 1.29 is 9.22 Å². The summed E-state index contributed by atoms with van der Waals surface area (Å²) in [5.41, 5.74) is 0. The highest BCUT2D eigenvalue weighted by molar-refractivity contribution is 6.71. The third-order valence-corrected chi connectivity index (χ3v) is 5.08. The van der Waals surface area contributed by atoms with Crippen molar-refractivity contribution in [1.82, 2.24) is 5.32 Å². The Balaban J connectivity index is 2.45. The smallest absolute Gasteiger partial charge is 0.247 e. The zero-order chi connectivity index (χ0) is 10.8. The molecule has 0 spiro atoms. The van der Waals surface area contributed by atoms with Gasteiger partial charge in [0.2, 0.25) is 5.91 Å². The molecular weight excluding hydrogens is 194 g/mol. The van der Waals surface area contributed by atoms with E-state index < -0.39 is 8.32 Å². The van der Waals surface area contributed by atoms with Gasteiger partial charge in [-0.2, -0.15) is 0 Å². The second kappa shape index (κ2) is 4.44. The van der Waals surface area contributed by atoms with Crippen LogP contribution in [-0.4, -0.2) is 26.9 Å². The number of carbonyl (C=O) groups is 1. The summed E-state index contributed by atoms with van der Waals surface area (Å²) in [7, 11) is -1.63. The maximum atomic E-state index is 11.3. The van der Waals surface area contributed by atoms with Gasteiger partial charge in [-0.05, 0) is 31.5 Å². The normalized spacial score (nSPS) is 22.9. The fourth-order valence-corrected chi connectivity index (χ4v) is 5.16. The van der Waals surface area contributed by atoms with Gasteiger partial charge in [0.1, 0.15) is 6.10 Å². The molecule has 1 rings (SSSR count). The Kier molecular flexibility index (Phi) is 3.72. The summed E-state index contributed by atoms with van der Waals surface area (Å²) in [5, 5.41) is 2.80. The lowest BCUT2D eigenvalue weighted by Gasteiger charge is -2.27. The van der Waals surface area contributed by atoms with Crippen LogP contribution in [-0.2, 0) is 9.22 Å². The summed E-state index contributed by atoms with van der Waals surface area (Å²) >= 11 is 0. The topological polar surface area (TPSA) is 38.3 Å². The average Bonchev–Trinajstić information content (AvgIpc) is 2.32. The molecule has 1 saturated heterocycles. The molecule has 1 aliphatic heterocycles. The minimum Gasteiger partial charge on any atom is -0.405 e. The summed E-state index contributed by atoms with van der Waals surface area (Å²) < 4.78 is 5.95. The first-order chi connectivity index (χ1) is 6.41. The van der Waals surface area contributed by atoms with Crippen molar-refractivity contribution in [2.45, 2.75) is 45.5 Å². The lowest BCUT2D eigenvalue weighted by molar-refractivity contribution is -0.125. The van der Waals surface area contributed by atoms with Crippen LogP contribution in [0.15, 0.2) is 0 Å². The number of amides is 1. The minimum absolute atomic E-state index is 0.0781. The van der Waals surface area contributed by atoms with E-state index >= 15 is 0 Å². The van der Waals surface area contributed by atoms with Crippen molar-refractivity contribution in [3.05, 3.63) is 0 Å². The summed E-state index contributed by atoms with van der Waals surface area (Å²) in [6.45, 7) is 9.56. The molecule has 1 heterocycles. The van der Waals surface area contributed by atoms with Gasteiger partial charge in [-0.15, -0.1) is 0 Å². The van der Waals surface area contributed by atoms with Gasteiger partial charge in [0, 0.05) is 6.54 Å². The summed E-state index contributed by atoms with van der Waals surface area (Å²) in [6.07, 6.45) is 0.670. The Morgan fingerprint density at radius 3 is 2.64 bits per heavy atom. The third-order valence-electron chi connectivity index (χ3n) is 2.36. The van der Waals surface area contributed by atoms with E-state index in [0.29, 0.717) is 5.92 Å². The molecule has 82 valence electrons. The van der Waals surface area contributed by atoms with Crippen LogP contribution in [0.2, 0.25) is 19.1 Å². The van der Waals surface area contributed by atoms with Gasteiger partial charge in [0.25, 0.3) is 0 Å². The molecule has 0 aliphatic carbocycles. The molecule has 1 atom stereocenters. The van der Waals surface area contributed by atoms with E-state index in [-0.39, 0.29) is 12.0 Å². The van der Waals surface area contributed by atoms with Crippen LogP contribution in [0.4, 0.5) is 0 Å². The predicted octanol–water partition coefficient (Wildman–Crippen LogP) is 1.75. The Hall–Kier alpha value is -0.353. The van der Waals surface area contributed by atoms with E-state index in [1.807, 2.05) is 0 Å². The highest BCUT2D eigenvalue weighted by Crippen LogP contribution is 2.21. The fourth-order valence-electron chi connectivity index (χ4n) is 2.10. The summed E-state index contributed by atoms with van der Waals surface area (Å²) in [6, 6.07) is 1.12. The molecular formula is C10H21NO2Si. The number of hydrogen-bond acceptors (Lipinski definition) is 2. The van der Waals surface area contributed by atoms with Crippen molar-refractivity contribution in [2.75, 3.05) is 6.54 Å². The number of rotatable bonds is 4. The molecule has 0 aromatic rings. The van der Waals surface area contributed by atoms with Crippen molar-refractivity contribution in [1.29, 1.82) is 0 Å². The number of hydrogen-bond donors (Lipinski definition) is 1. The van der Waals surface area contributed by atoms with Crippen molar-refractivity contribution in [3.63, 3.8) is 0 Å². The van der Waals surface area contributed by atoms with Gasteiger partial charge in [0.05, 0.1) is 0 Å². The molecule has 1 amide bonds. The SMILES string of the molecule is CC(C)C[Si](C)(C)O[C@@H]1CCNC1=O. The molecule has 0 aromatic carbocycles. The predicted molar refractivity (Wildman–Crippen MR) is 59.6 cm³/mol. The van der Waals surface area contributed by atoms with E-state index in [1.165, 1.54) is 0 Å². The molecule has 1 aliphatic rings. The zero-order valence-electron chi connectivity index (χ0n) is 9.59. The molecule has 4 heteroatoms. The Morgan fingerprint density at radius 2 is 2.21 bits per heavy atom. The van der Waals surface area contributed by atoms with Gasteiger partial charge in [0.15, 0.2) is 8.32 Å². The summed E-state index contributed by atoms with van der Waals surface area (Å²) in [5.74, 6) is 0.732. The first-order valence-corrected chi connectivity index (χ1v) is 8.48. The largest absolute Gasteiger partial charge is 0.405 e. The Morgan fingerprint density at radius 1 is 1.57 bits per heavy atom. The van der Waals surface area contributed by atoms with E-state index in [2.05, 4.69) is 32.3 Å². The van der Waals surface area contributed by atoms with Gasteiger partial charge >= 0.3 is 0 Å². The molecule has 1 N–H and O–H groups in total. The first-order valence-electron chi connectivity index (χ1n) is 5.36. The second-order valence-corrected chi connectivity index (χ2v) is 9.21. The van der Waals surface area contributed by atoms with E-state index in [1.54, 1.807) is 0 Å². The lowest BCUT2D eigenvalue weighted by atomic mass is 10.3. The molecule has 0 radical (unpaired) electrons. The van der Waals surface area contributed by atoms with Gasteiger partial charge in [-0.1, -0.05) is 13.8 Å². The molecule has 0 aromatic heterocycles. The van der Waals surface area contributed by atoms with Crippen LogP contribution in [0.25, 0.3) is 0 Å². The van der Waals surface area contributed by atoms with Gasteiger partial charge < -0.3 is 9.74 Å². The Bertz CT molecular complexity index is 216. The Labute approximate surface area is 87.3 Å². The van der Waals surface area contributed by atoms with Crippen LogP contribution in [0, 0.1) is 5.92 Å². The van der Waals surface area contributed by atoms with Gasteiger partial charge in [-0.25, -0.2) is 0 Å². The van der Waals surface area contributed by atoms with E-state index in [9.17, 15) is 4.79 Å². The lowest BCUT2D eigenvalue weighted by Crippen LogP contribution is -2.39. The number of carbonyl (C=O) groups excluding carboxylic acids is 1. The quantitative estimate of drug-likeness (QED) is 0.726. The average molecular weight is 215 g/mol. The second-order valence-electron chi connectivity index (χ2n) is 5.04. The fraction of sp³-hybridized carbons (Fsp3) is 0.900. The maximum Gasteiger partial charge on any atom is 0.247 e. The van der Waals surface area contributed by atoms with Crippen LogP contribution in [0.1, 0.15) is 20.3 Å². The van der Waals surface area contributed by atoms with E-state index in [0.717, 1.165) is 19.0 Å². The molecule has 0 unspecified atom stereocenters. The standard InChI is InChI=1S/C10H21NO2Si/c1-8(2)7-14(3,4)13-9-5-6-11-10(9)12/h8-9H,5-7H2,1-4H3,(H,11,12)/t9-/m1/s1. The highest BCUT2D eigenvalue weighted by Gasteiger charge is 2.33. The molecule has 3 nitrogen and oxygen atoms in total. The summed E-state index contributed by atoms with van der Waals surface area (Å²) in [4.78, 5) is 11.3. The van der Waals surface area contributed by atoms with Crippen molar-refractivity contribution in [3.8, 4) is 0 Å². The van der Waals surface area contributed by atoms with Crippen LogP contribution in [0.5, 0.6) is 0 Å². The number of nitrogens with one attached hydrogen (secondary N) is 1. The molecule has 14 heavy (non-hydrogen) atoms. The maximum absolute atomic E-state index is 11.3. The van der Waals surface area contributed by atoms with Crippen molar-refractivity contribution >= 4 is 14.2 Å². The zero-order valence-corrected chi connectivity index (χ0v) is 10.6. The molecule has 0 saturated carbocycles. The van der Waals surface area contributed by atoms with Crippen LogP contribution in [0.3, 0.4) is 0 Å². The van der Waals surface area contributed by atoms with Crippen LogP contribution >= 0.6 is 0 Å². The van der Waals surface area contributed by atoms with E-state index in [4.69, 9.17) is 4.43 Å². The third kappa shape index (κ3) is 3.42. The monoisotopic (exact) mass is 215 g/mol.